The predicted molar refractivity (Wildman–Crippen MR) is 53.7 cm³/mol. The van der Waals surface area contributed by atoms with E-state index >= 15 is 0 Å². The van der Waals surface area contributed by atoms with Crippen molar-refractivity contribution in [1.82, 2.24) is 0 Å². The normalized spacial score (nSPS) is 9.69. The number of nitrogens with zero attached hydrogens (tertiary/aromatic N) is 1. The number of benzene rings is 1. The van der Waals surface area contributed by atoms with Gasteiger partial charge in [-0.15, -0.1) is 25.3 Å². The lowest BCUT2D eigenvalue weighted by atomic mass is 10.2. The monoisotopic (exact) mass is 215 g/mol. The van der Waals surface area contributed by atoms with Crippen molar-refractivity contribution in [2.75, 3.05) is 0 Å². The Morgan fingerprint density at radius 3 is 2.54 bits per heavy atom. The summed E-state index contributed by atoms with van der Waals surface area (Å²) in [5.41, 5.74) is -0.293. The van der Waals surface area contributed by atoms with E-state index in [2.05, 4.69) is 25.3 Å². The van der Waals surface area contributed by atoms with Crippen LogP contribution in [0.3, 0.4) is 0 Å². The Balaban J connectivity index is 3.35. The number of rotatable bonds is 2. The van der Waals surface area contributed by atoms with E-state index in [1.165, 1.54) is 18.2 Å². The summed E-state index contributed by atoms with van der Waals surface area (Å²) in [6.45, 7) is 0. The van der Waals surface area contributed by atoms with Gasteiger partial charge >= 0.3 is 0 Å². The largest absolute Gasteiger partial charge is 0.282 e. The van der Waals surface area contributed by atoms with Gasteiger partial charge in [0.2, 0.25) is 5.12 Å². The van der Waals surface area contributed by atoms with Gasteiger partial charge in [0.1, 0.15) is 5.56 Å². The van der Waals surface area contributed by atoms with Crippen LogP contribution in [0.5, 0.6) is 0 Å². The summed E-state index contributed by atoms with van der Waals surface area (Å²) in [4.78, 5) is 21.1. The lowest BCUT2D eigenvalue weighted by molar-refractivity contribution is -0.385. The van der Waals surface area contributed by atoms with E-state index in [1.807, 2.05) is 0 Å². The highest BCUT2D eigenvalue weighted by molar-refractivity contribution is 7.97. The zero-order chi connectivity index (χ0) is 10.0. The van der Waals surface area contributed by atoms with Gasteiger partial charge in [-0.2, -0.15) is 0 Å². The molecule has 0 radical (unpaired) electrons. The summed E-state index contributed by atoms with van der Waals surface area (Å²) in [5, 5.41) is 9.80. The van der Waals surface area contributed by atoms with Gasteiger partial charge in [-0.3, -0.25) is 14.9 Å². The van der Waals surface area contributed by atoms with Gasteiger partial charge in [-0.25, -0.2) is 0 Å². The van der Waals surface area contributed by atoms with Crippen molar-refractivity contribution in [3.8, 4) is 0 Å². The molecule has 0 N–H and O–H groups in total. The molecule has 0 amide bonds. The molecule has 0 bridgehead atoms. The maximum Gasteiger partial charge on any atom is 0.281 e. The topological polar surface area (TPSA) is 60.2 Å². The minimum Gasteiger partial charge on any atom is -0.282 e. The van der Waals surface area contributed by atoms with Gasteiger partial charge in [0.25, 0.3) is 5.69 Å². The van der Waals surface area contributed by atoms with Crippen molar-refractivity contribution in [3.05, 3.63) is 33.9 Å². The van der Waals surface area contributed by atoms with Crippen molar-refractivity contribution >= 4 is 36.1 Å². The zero-order valence-electron chi connectivity index (χ0n) is 6.30. The molecule has 1 aromatic rings. The minimum atomic E-state index is -0.636. The molecule has 13 heavy (non-hydrogen) atoms. The van der Waals surface area contributed by atoms with Crippen LogP contribution >= 0.6 is 25.3 Å². The Morgan fingerprint density at radius 1 is 1.46 bits per heavy atom. The van der Waals surface area contributed by atoms with E-state index in [-0.39, 0.29) is 11.3 Å². The summed E-state index contributed by atoms with van der Waals surface area (Å²) < 4.78 is 0. The van der Waals surface area contributed by atoms with E-state index in [4.69, 9.17) is 0 Å². The average molecular weight is 215 g/mol. The van der Waals surface area contributed by atoms with Crippen LogP contribution in [0.25, 0.3) is 0 Å². The molecule has 1 aromatic carbocycles. The second-order valence-corrected chi connectivity index (χ2v) is 3.19. The van der Waals surface area contributed by atoms with Crippen LogP contribution in [0, 0.1) is 10.1 Å². The molecule has 6 heteroatoms. The molecule has 0 spiro atoms. The van der Waals surface area contributed by atoms with Gasteiger partial charge in [-0.1, -0.05) is 0 Å². The minimum absolute atomic E-state index is 0.0409. The van der Waals surface area contributed by atoms with Crippen LogP contribution in [-0.4, -0.2) is 10.0 Å². The Bertz CT molecular complexity index is 378. The Labute approximate surface area is 84.9 Å². The lowest BCUT2D eigenvalue weighted by Crippen LogP contribution is -1.98. The van der Waals surface area contributed by atoms with Gasteiger partial charge in [-0.05, 0) is 12.1 Å². The number of nitro benzene ring substituents is 1. The number of nitro groups is 1. The molecular formula is C7H5NO3S2. The molecule has 0 aliphatic rings. The third-order valence-electron chi connectivity index (χ3n) is 1.41. The van der Waals surface area contributed by atoms with E-state index in [9.17, 15) is 14.9 Å². The van der Waals surface area contributed by atoms with E-state index < -0.39 is 10.0 Å². The van der Waals surface area contributed by atoms with Gasteiger partial charge in [0.05, 0.1) is 4.92 Å². The first-order chi connectivity index (χ1) is 6.02. The Kier molecular flexibility index (Phi) is 2.94. The standard InChI is InChI=1S/C7H5NO3S2/c9-7(13)5-3-4(12)1-2-6(5)8(10)11/h1-3,12H,(H,9,13). The van der Waals surface area contributed by atoms with E-state index in [0.29, 0.717) is 4.90 Å². The molecule has 0 heterocycles. The number of carbonyl (C=O) groups excluding carboxylic acids is 1. The number of thiol groups is 2. The predicted octanol–water partition coefficient (Wildman–Crippen LogP) is 1.95. The van der Waals surface area contributed by atoms with Crippen LogP contribution in [0.1, 0.15) is 10.4 Å². The van der Waals surface area contributed by atoms with Crippen molar-refractivity contribution in [3.63, 3.8) is 0 Å². The molecular weight excluding hydrogens is 210 g/mol. The molecule has 0 aliphatic carbocycles. The fourth-order valence-corrected chi connectivity index (χ4v) is 1.24. The Morgan fingerprint density at radius 2 is 2.08 bits per heavy atom. The zero-order valence-corrected chi connectivity index (χ0v) is 8.09. The van der Waals surface area contributed by atoms with Crippen molar-refractivity contribution in [1.29, 1.82) is 0 Å². The fourth-order valence-electron chi connectivity index (χ4n) is 0.855. The van der Waals surface area contributed by atoms with Crippen LogP contribution in [0.15, 0.2) is 23.1 Å². The van der Waals surface area contributed by atoms with Crippen molar-refractivity contribution in [2.24, 2.45) is 0 Å². The average Bonchev–Trinajstić information content (AvgIpc) is 2.03. The summed E-state index contributed by atoms with van der Waals surface area (Å²) in [6, 6.07) is 3.99. The van der Waals surface area contributed by atoms with Gasteiger partial charge in [0, 0.05) is 11.0 Å². The van der Waals surface area contributed by atoms with Crippen LogP contribution in [-0.2, 0) is 0 Å². The maximum absolute atomic E-state index is 10.8. The summed E-state index contributed by atoms with van der Waals surface area (Å²) >= 11 is 7.48. The van der Waals surface area contributed by atoms with Gasteiger partial charge < -0.3 is 0 Å². The van der Waals surface area contributed by atoms with Crippen LogP contribution in [0.2, 0.25) is 0 Å². The number of hydrogen-bond acceptors (Lipinski definition) is 4. The third kappa shape index (κ3) is 2.22. The first kappa shape index (κ1) is 10.1. The third-order valence-corrected chi connectivity index (χ3v) is 1.93. The molecule has 4 nitrogen and oxygen atoms in total. The molecule has 0 aliphatic heterocycles. The fraction of sp³-hybridized carbons (Fsp3) is 0. The number of hydrogen-bond donors (Lipinski definition) is 2. The maximum atomic E-state index is 10.8. The quantitative estimate of drug-likeness (QED) is 0.450. The van der Waals surface area contributed by atoms with Crippen molar-refractivity contribution in [2.45, 2.75) is 4.90 Å². The molecule has 0 saturated heterocycles. The smallest absolute Gasteiger partial charge is 0.281 e. The lowest BCUT2D eigenvalue weighted by Gasteiger charge is -1.98. The number of carbonyl (C=O) groups is 1. The van der Waals surface area contributed by atoms with E-state index in [1.54, 1.807) is 0 Å². The Hall–Kier alpha value is -1.01. The molecule has 0 fully saturated rings. The highest BCUT2D eigenvalue weighted by Crippen LogP contribution is 2.22. The molecule has 0 unspecified atom stereocenters. The molecule has 0 aromatic heterocycles. The van der Waals surface area contributed by atoms with Gasteiger partial charge in [0.15, 0.2) is 0 Å². The second kappa shape index (κ2) is 3.80. The first-order valence-electron chi connectivity index (χ1n) is 3.23. The van der Waals surface area contributed by atoms with Crippen molar-refractivity contribution < 1.29 is 9.72 Å². The highest BCUT2D eigenvalue weighted by atomic mass is 32.1. The van der Waals surface area contributed by atoms with Crippen LogP contribution < -0.4 is 0 Å². The molecule has 1 rings (SSSR count). The summed E-state index contributed by atoms with van der Waals surface area (Å²) in [7, 11) is 0. The van der Waals surface area contributed by atoms with E-state index in [0.717, 1.165) is 0 Å². The molecule has 0 saturated carbocycles. The highest BCUT2D eigenvalue weighted by Gasteiger charge is 2.17. The first-order valence-corrected chi connectivity index (χ1v) is 4.12. The molecule has 68 valence electrons. The molecule has 0 atom stereocenters. The summed E-state index contributed by atoms with van der Waals surface area (Å²) in [6.07, 6.45) is 0. The van der Waals surface area contributed by atoms with Crippen LogP contribution in [0.4, 0.5) is 5.69 Å². The summed E-state index contributed by atoms with van der Waals surface area (Å²) in [5.74, 6) is 0. The second-order valence-electron chi connectivity index (χ2n) is 2.26. The SMILES string of the molecule is O=C(S)c1cc(S)ccc1[N+](=O)[O-].